The summed E-state index contributed by atoms with van der Waals surface area (Å²) in [5, 5.41) is 19.5. The maximum absolute atomic E-state index is 11.9. The predicted octanol–water partition coefficient (Wildman–Crippen LogP) is 2.77. The number of aryl methyl sites for hydroxylation is 1. The Kier molecular flexibility index (Phi) is 4.52. The molecule has 2 rings (SSSR count). The lowest BCUT2D eigenvalue weighted by Crippen LogP contribution is -2.21. The van der Waals surface area contributed by atoms with Gasteiger partial charge in [0.15, 0.2) is 0 Å². The second kappa shape index (κ2) is 6.35. The van der Waals surface area contributed by atoms with E-state index in [0.29, 0.717) is 16.8 Å². The normalized spacial score (nSPS) is 10.3. The van der Waals surface area contributed by atoms with Gasteiger partial charge in [-0.05, 0) is 39.0 Å². The summed E-state index contributed by atoms with van der Waals surface area (Å²) in [5.74, 6) is 0.0610. The third-order valence-corrected chi connectivity index (χ3v) is 3.68. The van der Waals surface area contributed by atoms with E-state index >= 15 is 0 Å². The molecule has 0 atom stereocenters. The van der Waals surface area contributed by atoms with Crippen molar-refractivity contribution in [2.45, 2.75) is 20.8 Å². The molecule has 114 valence electrons. The molecule has 0 bridgehead atoms. The van der Waals surface area contributed by atoms with Crippen molar-refractivity contribution in [1.82, 2.24) is 4.98 Å². The highest BCUT2D eigenvalue weighted by Gasteiger charge is 2.14. The van der Waals surface area contributed by atoms with Crippen LogP contribution < -0.4 is 10.5 Å². The van der Waals surface area contributed by atoms with Crippen LogP contribution in [-0.4, -0.2) is 23.2 Å². The summed E-state index contributed by atoms with van der Waals surface area (Å²) >= 11 is 0. The maximum atomic E-state index is 11.9. The molecule has 1 aromatic carbocycles. The number of aromatic hydroxyl groups is 1. The molecule has 0 aliphatic rings. The zero-order chi connectivity index (χ0) is 16.3. The van der Waals surface area contributed by atoms with E-state index in [1.54, 1.807) is 25.1 Å². The Hall–Kier alpha value is -2.74. The molecule has 1 heterocycles. The van der Waals surface area contributed by atoms with E-state index in [1.807, 2.05) is 26.0 Å². The van der Waals surface area contributed by atoms with Gasteiger partial charge in [0.25, 0.3) is 5.56 Å². The minimum atomic E-state index is -0.440. The van der Waals surface area contributed by atoms with Crippen LogP contribution in [0.5, 0.6) is 5.75 Å². The molecule has 0 amide bonds. The number of benzene rings is 1. The maximum Gasteiger partial charge on any atom is 0.266 e. The van der Waals surface area contributed by atoms with Crippen LogP contribution in [0, 0.1) is 18.3 Å². The standard InChI is InChI=1S/C17H19N3O2/c1-4-20(5-2)12-6-7-13(16(21)9-12)14-8-11(3)19-17(22)15(14)10-18/h6-9,21H,4-5H2,1-3H3,(H,19,22). The van der Waals surface area contributed by atoms with Gasteiger partial charge in [0.1, 0.15) is 17.4 Å². The van der Waals surface area contributed by atoms with Crippen LogP contribution in [0.2, 0.25) is 0 Å². The van der Waals surface area contributed by atoms with Gasteiger partial charge in [0, 0.05) is 41.7 Å². The summed E-state index contributed by atoms with van der Waals surface area (Å²) in [6.07, 6.45) is 0. The second-order valence-corrected chi connectivity index (χ2v) is 5.06. The largest absolute Gasteiger partial charge is 0.507 e. The molecule has 1 aromatic heterocycles. The lowest BCUT2D eigenvalue weighted by molar-refractivity contribution is 0.477. The fourth-order valence-corrected chi connectivity index (χ4v) is 2.55. The summed E-state index contributed by atoms with van der Waals surface area (Å²) in [5.41, 5.74) is 2.06. The minimum Gasteiger partial charge on any atom is -0.507 e. The van der Waals surface area contributed by atoms with Crippen LogP contribution >= 0.6 is 0 Å². The number of phenols is 1. The number of hydrogen-bond donors (Lipinski definition) is 2. The van der Waals surface area contributed by atoms with E-state index in [0.717, 1.165) is 18.8 Å². The Morgan fingerprint density at radius 1 is 1.23 bits per heavy atom. The Bertz CT molecular complexity index is 783. The molecule has 0 radical (unpaired) electrons. The second-order valence-electron chi connectivity index (χ2n) is 5.06. The average Bonchev–Trinajstić information content (AvgIpc) is 2.48. The predicted molar refractivity (Wildman–Crippen MR) is 87.2 cm³/mol. The molecule has 0 aliphatic heterocycles. The molecule has 2 N–H and O–H groups in total. The number of aromatic nitrogens is 1. The van der Waals surface area contributed by atoms with Gasteiger partial charge in [-0.25, -0.2) is 0 Å². The van der Waals surface area contributed by atoms with Gasteiger partial charge in [0.2, 0.25) is 0 Å². The molecule has 5 heteroatoms. The van der Waals surface area contributed by atoms with Crippen molar-refractivity contribution >= 4 is 5.69 Å². The van der Waals surface area contributed by atoms with Crippen molar-refractivity contribution in [3.8, 4) is 22.9 Å². The van der Waals surface area contributed by atoms with Gasteiger partial charge in [-0.3, -0.25) is 4.79 Å². The smallest absolute Gasteiger partial charge is 0.266 e. The summed E-state index contributed by atoms with van der Waals surface area (Å²) in [6, 6.07) is 8.92. The third kappa shape index (κ3) is 2.82. The molecule has 0 saturated carbocycles. The van der Waals surface area contributed by atoms with E-state index in [1.165, 1.54) is 0 Å². The first-order valence-electron chi connectivity index (χ1n) is 7.24. The SMILES string of the molecule is CCN(CC)c1ccc(-c2cc(C)[nH]c(=O)c2C#N)c(O)c1. The average molecular weight is 297 g/mol. The van der Waals surface area contributed by atoms with Gasteiger partial charge in [-0.2, -0.15) is 5.26 Å². The van der Waals surface area contributed by atoms with E-state index < -0.39 is 5.56 Å². The fraction of sp³-hybridized carbons (Fsp3) is 0.294. The van der Waals surface area contributed by atoms with Gasteiger partial charge in [-0.15, -0.1) is 0 Å². The number of hydrogen-bond acceptors (Lipinski definition) is 4. The number of rotatable bonds is 4. The van der Waals surface area contributed by atoms with Gasteiger partial charge >= 0.3 is 0 Å². The fourth-order valence-electron chi connectivity index (χ4n) is 2.55. The number of anilines is 1. The summed E-state index contributed by atoms with van der Waals surface area (Å²) in [7, 11) is 0. The van der Waals surface area contributed by atoms with Crippen molar-refractivity contribution in [3.05, 3.63) is 45.9 Å². The van der Waals surface area contributed by atoms with Crippen molar-refractivity contribution in [2.24, 2.45) is 0 Å². The number of H-pyrrole nitrogens is 1. The molecule has 0 aliphatic carbocycles. The first-order chi connectivity index (χ1) is 10.5. The molecular weight excluding hydrogens is 278 g/mol. The van der Waals surface area contributed by atoms with Crippen LogP contribution in [-0.2, 0) is 0 Å². The molecule has 22 heavy (non-hydrogen) atoms. The third-order valence-electron chi connectivity index (χ3n) is 3.68. The van der Waals surface area contributed by atoms with E-state index in [-0.39, 0.29) is 11.3 Å². The Balaban J connectivity index is 2.61. The van der Waals surface area contributed by atoms with Gasteiger partial charge in [0.05, 0.1) is 0 Å². The van der Waals surface area contributed by atoms with Crippen LogP contribution in [0.25, 0.3) is 11.1 Å². The first-order valence-corrected chi connectivity index (χ1v) is 7.24. The van der Waals surface area contributed by atoms with Gasteiger partial charge in [-0.1, -0.05) is 0 Å². The number of nitrogens with zero attached hydrogens (tertiary/aromatic N) is 2. The topological polar surface area (TPSA) is 80.1 Å². The highest BCUT2D eigenvalue weighted by Crippen LogP contribution is 2.33. The van der Waals surface area contributed by atoms with Crippen LogP contribution in [0.1, 0.15) is 25.1 Å². The highest BCUT2D eigenvalue weighted by molar-refractivity contribution is 5.77. The van der Waals surface area contributed by atoms with Crippen molar-refractivity contribution in [3.63, 3.8) is 0 Å². The number of nitrogens with one attached hydrogen (secondary N) is 1. The molecule has 0 unspecified atom stereocenters. The first kappa shape index (κ1) is 15.6. The zero-order valence-corrected chi connectivity index (χ0v) is 13.0. The minimum absolute atomic E-state index is 0.0106. The highest BCUT2D eigenvalue weighted by atomic mass is 16.3. The molecular formula is C17H19N3O2. The summed E-state index contributed by atoms with van der Waals surface area (Å²) in [4.78, 5) is 16.6. The molecule has 0 saturated heterocycles. The van der Waals surface area contributed by atoms with E-state index in [2.05, 4.69) is 9.88 Å². The van der Waals surface area contributed by atoms with Crippen molar-refractivity contribution in [1.29, 1.82) is 5.26 Å². The molecule has 2 aromatic rings. The monoisotopic (exact) mass is 297 g/mol. The quantitative estimate of drug-likeness (QED) is 0.909. The van der Waals surface area contributed by atoms with Crippen LogP contribution in [0.3, 0.4) is 0 Å². The lowest BCUT2D eigenvalue weighted by atomic mass is 9.99. The van der Waals surface area contributed by atoms with Crippen molar-refractivity contribution in [2.75, 3.05) is 18.0 Å². The van der Waals surface area contributed by atoms with Crippen LogP contribution in [0.15, 0.2) is 29.1 Å². The summed E-state index contributed by atoms with van der Waals surface area (Å²) < 4.78 is 0. The zero-order valence-electron chi connectivity index (χ0n) is 13.0. The molecule has 5 nitrogen and oxygen atoms in total. The molecule has 0 spiro atoms. The Morgan fingerprint density at radius 2 is 1.91 bits per heavy atom. The number of pyridine rings is 1. The summed E-state index contributed by atoms with van der Waals surface area (Å²) in [6.45, 7) is 7.50. The van der Waals surface area contributed by atoms with Crippen LogP contribution in [0.4, 0.5) is 5.69 Å². The van der Waals surface area contributed by atoms with Gasteiger partial charge < -0.3 is 15.0 Å². The van der Waals surface area contributed by atoms with E-state index in [9.17, 15) is 15.2 Å². The number of aromatic amines is 1. The number of phenolic OH excluding ortho intramolecular Hbond substituents is 1. The Morgan fingerprint density at radius 3 is 2.45 bits per heavy atom. The molecule has 0 fully saturated rings. The number of nitriles is 1. The Labute approximate surface area is 129 Å². The lowest BCUT2D eigenvalue weighted by Gasteiger charge is -2.21. The van der Waals surface area contributed by atoms with E-state index in [4.69, 9.17) is 0 Å². The van der Waals surface area contributed by atoms with Crippen molar-refractivity contribution < 1.29 is 5.11 Å².